The van der Waals surface area contributed by atoms with Gasteiger partial charge in [-0.2, -0.15) is 0 Å². The highest BCUT2D eigenvalue weighted by molar-refractivity contribution is 7.09. The summed E-state index contributed by atoms with van der Waals surface area (Å²) in [6, 6.07) is -0.508. The van der Waals surface area contributed by atoms with E-state index in [1.807, 2.05) is 19.2 Å². The summed E-state index contributed by atoms with van der Waals surface area (Å²) in [5.41, 5.74) is 0.936. The lowest BCUT2D eigenvalue weighted by atomic mass is 10.1. The fourth-order valence-corrected chi connectivity index (χ4v) is 2.48. The van der Waals surface area contributed by atoms with Gasteiger partial charge >= 0.3 is 5.97 Å². The van der Waals surface area contributed by atoms with E-state index in [0.29, 0.717) is 6.54 Å². The van der Waals surface area contributed by atoms with Gasteiger partial charge in [-0.15, -0.1) is 11.3 Å². The topological polar surface area (TPSA) is 62.2 Å². The highest BCUT2D eigenvalue weighted by Gasteiger charge is 2.20. The Labute approximate surface area is 106 Å². The molecule has 1 unspecified atom stereocenters. The number of carboxylic acid groups (broad SMARTS) is 1. The number of rotatable bonds is 7. The Morgan fingerprint density at radius 3 is 2.82 bits per heavy atom. The van der Waals surface area contributed by atoms with E-state index in [-0.39, 0.29) is 5.92 Å². The Morgan fingerprint density at radius 1 is 1.59 bits per heavy atom. The van der Waals surface area contributed by atoms with Gasteiger partial charge in [0.1, 0.15) is 6.04 Å². The van der Waals surface area contributed by atoms with Crippen LogP contribution in [0.1, 0.15) is 37.9 Å². The summed E-state index contributed by atoms with van der Waals surface area (Å²) in [7, 11) is 0. The van der Waals surface area contributed by atoms with Gasteiger partial charge < -0.3 is 5.11 Å². The Hall–Kier alpha value is -0.940. The maximum absolute atomic E-state index is 11.0. The van der Waals surface area contributed by atoms with Crippen molar-refractivity contribution in [3.63, 3.8) is 0 Å². The molecule has 4 nitrogen and oxygen atoms in total. The van der Waals surface area contributed by atoms with Crippen LogP contribution in [0.15, 0.2) is 5.38 Å². The lowest BCUT2D eigenvalue weighted by Crippen LogP contribution is -2.40. The van der Waals surface area contributed by atoms with Crippen molar-refractivity contribution in [1.29, 1.82) is 0 Å². The van der Waals surface area contributed by atoms with Gasteiger partial charge in [-0.1, -0.05) is 20.8 Å². The summed E-state index contributed by atoms with van der Waals surface area (Å²) < 4.78 is 0. The zero-order valence-electron chi connectivity index (χ0n) is 10.6. The summed E-state index contributed by atoms with van der Waals surface area (Å²) in [6.45, 7) is 6.44. The normalized spacial score (nSPS) is 12.9. The van der Waals surface area contributed by atoms with Crippen LogP contribution >= 0.6 is 11.3 Å². The number of aliphatic carboxylic acids is 1. The molecule has 0 aliphatic carbocycles. The monoisotopic (exact) mass is 256 g/mol. The van der Waals surface area contributed by atoms with Crippen molar-refractivity contribution < 1.29 is 9.90 Å². The molecule has 1 aromatic heterocycles. The van der Waals surface area contributed by atoms with Crippen LogP contribution in [0, 0.1) is 5.92 Å². The molecule has 96 valence electrons. The predicted molar refractivity (Wildman–Crippen MR) is 69.2 cm³/mol. The Morgan fingerprint density at radius 2 is 2.29 bits per heavy atom. The van der Waals surface area contributed by atoms with Gasteiger partial charge in [0.15, 0.2) is 0 Å². The van der Waals surface area contributed by atoms with Crippen molar-refractivity contribution in [1.82, 2.24) is 10.3 Å². The van der Waals surface area contributed by atoms with E-state index in [0.717, 1.165) is 23.5 Å². The van der Waals surface area contributed by atoms with Crippen LogP contribution in [-0.2, 0) is 17.8 Å². The SMILES string of the molecule is CCCc1nc(CNC(C(=O)O)C(C)C)cs1. The van der Waals surface area contributed by atoms with Crippen LogP contribution in [0.25, 0.3) is 0 Å². The van der Waals surface area contributed by atoms with Crippen LogP contribution in [0.2, 0.25) is 0 Å². The van der Waals surface area contributed by atoms with E-state index in [9.17, 15) is 4.79 Å². The molecule has 5 heteroatoms. The molecule has 0 saturated heterocycles. The van der Waals surface area contributed by atoms with Crippen LogP contribution in [0.4, 0.5) is 0 Å². The number of thiazole rings is 1. The number of carboxylic acids is 1. The molecule has 1 aromatic rings. The molecule has 0 aliphatic heterocycles. The Balaban J connectivity index is 2.50. The molecule has 0 saturated carbocycles. The number of nitrogens with zero attached hydrogens (tertiary/aromatic N) is 1. The second kappa shape index (κ2) is 6.71. The molecule has 0 amide bonds. The summed E-state index contributed by atoms with van der Waals surface area (Å²) in [6.07, 6.45) is 2.08. The van der Waals surface area contributed by atoms with E-state index < -0.39 is 12.0 Å². The van der Waals surface area contributed by atoms with Crippen molar-refractivity contribution in [2.75, 3.05) is 0 Å². The maximum atomic E-state index is 11.0. The first-order valence-corrected chi connectivity index (χ1v) is 6.82. The molecule has 0 bridgehead atoms. The molecule has 1 rings (SSSR count). The molecule has 0 aliphatic rings. The van der Waals surface area contributed by atoms with Gasteiger partial charge in [0.2, 0.25) is 0 Å². The molecular weight excluding hydrogens is 236 g/mol. The van der Waals surface area contributed by atoms with Crippen molar-refractivity contribution >= 4 is 17.3 Å². The average Bonchev–Trinajstić information content (AvgIpc) is 2.65. The van der Waals surface area contributed by atoms with Gasteiger partial charge in [0, 0.05) is 11.9 Å². The zero-order chi connectivity index (χ0) is 12.8. The van der Waals surface area contributed by atoms with Crippen molar-refractivity contribution in [3.05, 3.63) is 16.1 Å². The molecule has 17 heavy (non-hydrogen) atoms. The summed E-state index contributed by atoms with van der Waals surface area (Å²) in [5, 5.41) is 15.2. The predicted octanol–water partition coefficient (Wildman–Crippen LogP) is 2.29. The first-order chi connectivity index (χ1) is 8.04. The van der Waals surface area contributed by atoms with Gasteiger partial charge in [-0.25, -0.2) is 4.98 Å². The molecule has 0 fully saturated rings. The molecule has 1 atom stereocenters. The van der Waals surface area contributed by atoms with E-state index in [2.05, 4.69) is 17.2 Å². The standard InChI is InChI=1S/C12H20N2O2S/c1-4-5-10-14-9(7-17-10)6-13-11(8(2)3)12(15)16/h7-8,11,13H,4-6H2,1-3H3,(H,15,16). The fourth-order valence-electron chi connectivity index (χ4n) is 1.58. The van der Waals surface area contributed by atoms with Crippen LogP contribution in [0.3, 0.4) is 0 Å². The molecule has 0 aromatic carbocycles. The van der Waals surface area contributed by atoms with E-state index in [1.165, 1.54) is 0 Å². The van der Waals surface area contributed by atoms with Crippen molar-refractivity contribution in [3.8, 4) is 0 Å². The Kier molecular flexibility index (Phi) is 5.58. The Bertz CT molecular complexity index is 363. The summed E-state index contributed by atoms with van der Waals surface area (Å²) in [4.78, 5) is 15.4. The maximum Gasteiger partial charge on any atom is 0.320 e. The van der Waals surface area contributed by atoms with Gasteiger partial charge in [-0.3, -0.25) is 10.1 Å². The van der Waals surface area contributed by atoms with Crippen molar-refractivity contribution in [2.24, 2.45) is 5.92 Å². The number of hydrogen-bond donors (Lipinski definition) is 2. The molecule has 2 N–H and O–H groups in total. The highest BCUT2D eigenvalue weighted by atomic mass is 32.1. The third-order valence-corrected chi connectivity index (χ3v) is 3.46. The second-order valence-corrected chi connectivity index (χ2v) is 5.37. The van der Waals surface area contributed by atoms with Gasteiger partial charge in [-0.05, 0) is 18.8 Å². The molecular formula is C12H20N2O2S. The lowest BCUT2D eigenvalue weighted by Gasteiger charge is -2.16. The second-order valence-electron chi connectivity index (χ2n) is 4.42. The van der Waals surface area contributed by atoms with Crippen LogP contribution in [0.5, 0.6) is 0 Å². The van der Waals surface area contributed by atoms with E-state index in [1.54, 1.807) is 11.3 Å². The molecule has 0 radical (unpaired) electrons. The van der Waals surface area contributed by atoms with Gasteiger partial charge in [0.25, 0.3) is 0 Å². The van der Waals surface area contributed by atoms with Crippen LogP contribution < -0.4 is 5.32 Å². The minimum Gasteiger partial charge on any atom is -0.480 e. The van der Waals surface area contributed by atoms with Crippen LogP contribution in [-0.4, -0.2) is 22.1 Å². The smallest absolute Gasteiger partial charge is 0.320 e. The number of aryl methyl sites for hydroxylation is 1. The van der Waals surface area contributed by atoms with Gasteiger partial charge in [0.05, 0.1) is 10.7 Å². The molecule has 1 heterocycles. The zero-order valence-corrected chi connectivity index (χ0v) is 11.4. The largest absolute Gasteiger partial charge is 0.480 e. The van der Waals surface area contributed by atoms with E-state index in [4.69, 9.17) is 5.11 Å². The quantitative estimate of drug-likeness (QED) is 0.785. The lowest BCUT2D eigenvalue weighted by molar-refractivity contribution is -0.140. The first kappa shape index (κ1) is 14.1. The third-order valence-electron chi connectivity index (χ3n) is 2.50. The number of aromatic nitrogens is 1. The number of nitrogens with one attached hydrogen (secondary N) is 1. The first-order valence-electron chi connectivity index (χ1n) is 5.94. The highest BCUT2D eigenvalue weighted by Crippen LogP contribution is 2.12. The average molecular weight is 256 g/mol. The minimum absolute atomic E-state index is 0.0706. The summed E-state index contributed by atoms with van der Waals surface area (Å²) >= 11 is 1.64. The number of hydrogen-bond acceptors (Lipinski definition) is 4. The van der Waals surface area contributed by atoms with E-state index >= 15 is 0 Å². The minimum atomic E-state index is -0.802. The third kappa shape index (κ3) is 4.44. The fraction of sp³-hybridized carbons (Fsp3) is 0.667. The molecule has 0 spiro atoms. The number of carbonyl (C=O) groups is 1. The van der Waals surface area contributed by atoms with Crippen molar-refractivity contribution in [2.45, 2.75) is 46.2 Å². The summed E-state index contributed by atoms with van der Waals surface area (Å²) in [5.74, 6) is -0.731.